The van der Waals surface area contributed by atoms with E-state index in [1.807, 2.05) is 24.3 Å². The third-order valence-corrected chi connectivity index (χ3v) is 4.48. The number of benzene rings is 2. The lowest BCUT2D eigenvalue weighted by molar-refractivity contribution is -0.112. The van der Waals surface area contributed by atoms with Crippen LogP contribution >= 0.6 is 15.9 Å². The molecule has 136 valence electrons. The van der Waals surface area contributed by atoms with Crippen LogP contribution in [0.4, 0.5) is 5.69 Å². The molecule has 1 aromatic heterocycles. The second-order valence-corrected chi connectivity index (χ2v) is 6.54. The van der Waals surface area contributed by atoms with Crippen molar-refractivity contribution in [3.63, 3.8) is 0 Å². The molecule has 0 radical (unpaired) electrons. The maximum Gasteiger partial charge on any atom is 0.266 e. The number of carbonyl (C=O) groups is 1. The van der Waals surface area contributed by atoms with E-state index < -0.39 is 5.91 Å². The second-order valence-electron chi connectivity index (χ2n) is 5.63. The van der Waals surface area contributed by atoms with Gasteiger partial charge in [0.2, 0.25) is 0 Å². The number of nitrogens with zero attached hydrogens (tertiary/aromatic N) is 1. The number of nitrogens with one attached hydrogen (secondary N) is 2. The van der Waals surface area contributed by atoms with Crippen LogP contribution in [-0.2, 0) is 4.79 Å². The minimum atomic E-state index is -0.505. The quantitative estimate of drug-likeness (QED) is 0.465. The molecule has 0 aliphatic heterocycles. The Morgan fingerprint density at radius 1 is 1.19 bits per heavy atom. The van der Waals surface area contributed by atoms with Crippen LogP contribution in [0.2, 0.25) is 0 Å². The molecular formula is C20H16BrN3O3. The summed E-state index contributed by atoms with van der Waals surface area (Å²) in [6, 6.07) is 12.7. The van der Waals surface area contributed by atoms with E-state index in [9.17, 15) is 10.1 Å². The molecule has 3 rings (SSSR count). The van der Waals surface area contributed by atoms with E-state index in [0.717, 1.165) is 20.9 Å². The van der Waals surface area contributed by atoms with Crippen molar-refractivity contribution >= 4 is 44.5 Å². The molecule has 2 aromatic carbocycles. The molecule has 7 heteroatoms. The standard InChI is InChI=1S/C20H16BrN3O3/c1-26-18-6-4-15(9-19(18)27-2)24-20(25)12(10-22)7-13-11-23-17-5-3-14(21)8-16(13)17/h3-9,11,23H,1-2H3,(H,24,25). The van der Waals surface area contributed by atoms with Gasteiger partial charge in [-0.2, -0.15) is 5.26 Å². The van der Waals surface area contributed by atoms with Crippen molar-refractivity contribution in [3.8, 4) is 17.6 Å². The molecule has 0 saturated heterocycles. The molecule has 0 aliphatic carbocycles. The molecule has 0 unspecified atom stereocenters. The summed E-state index contributed by atoms with van der Waals surface area (Å²) in [5, 5.41) is 13.1. The van der Waals surface area contributed by atoms with E-state index in [1.165, 1.54) is 14.2 Å². The van der Waals surface area contributed by atoms with Crippen LogP contribution < -0.4 is 14.8 Å². The fourth-order valence-corrected chi connectivity index (χ4v) is 3.01. The Labute approximate surface area is 164 Å². The first-order valence-electron chi connectivity index (χ1n) is 7.97. The monoisotopic (exact) mass is 425 g/mol. The molecule has 27 heavy (non-hydrogen) atoms. The lowest BCUT2D eigenvalue weighted by atomic mass is 10.1. The van der Waals surface area contributed by atoms with Gasteiger partial charge in [-0.05, 0) is 36.4 Å². The predicted octanol–water partition coefficient (Wildman–Crippen LogP) is 4.49. The van der Waals surface area contributed by atoms with E-state index in [-0.39, 0.29) is 5.57 Å². The highest BCUT2D eigenvalue weighted by Gasteiger charge is 2.13. The summed E-state index contributed by atoms with van der Waals surface area (Å²) in [7, 11) is 3.05. The van der Waals surface area contributed by atoms with Crippen molar-refractivity contribution in [1.29, 1.82) is 5.26 Å². The van der Waals surface area contributed by atoms with Crippen LogP contribution in [0.3, 0.4) is 0 Å². The molecule has 0 aliphatic rings. The number of hydrogen-bond acceptors (Lipinski definition) is 4. The predicted molar refractivity (Wildman–Crippen MR) is 108 cm³/mol. The Balaban J connectivity index is 1.89. The van der Waals surface area contributed by atoms with Crippen LogP contribution in [0.15, 0.2) is 52.6 Å². The molecule has 0 spiro atoms. The van der Waals surface area contributed by atoms with Gasteiger partial charge in [0, 0.05) is 38.9 Å². The molecule has 0 saturated carbocycles. The zero-order valence-corrected chi connectivity index (χ0v) is 16.3. The van der Waals surface area contributed by atoms with Crippen LogP contribution in [0, 0.1) is 11.3 Å². The number of carbonyl (C=O) groups excluding carboxylic acids is 1. The van der Waals surface area contributed by atoms with Gasteiger partial charge in [-0.15, -0.1) is 0 Å². The summed E-state index contributed by atoms with van der Waals surface area (Å²) >= 11 is 3.43. The average Bonchev–Trinajstić information content (AvgIpc) is 3.07. The average molecular weight is 426 g/mol. The number of ether oxygens (including phenoxy) is 2. The molecule has 3 aromatic rings. The Morgan fingerprint density at radius 3 is 2.67 bits per heavy atom. The Bertz CT molecular complexity index is 1080. The number of halogens is 1. The van der Waals surface area contributed by atoms with Crippen LogP contribution in [0.1, 0.15) is 5.56 Å². The van der Waals surface area contributed by atoms with Crippen LogP contribution in [0.5, 0.6) is 11.5 Å². The van der Waals surface area contributed by atoms with Gasteiger partial charge in [0.05, 0.1) is 14.2 Å². The van der Waals surface area contributed by atoms with Gasteiger partial charge in [-0.25, -0.2) is 0 Å². The Kier molecular flexibility index (Phi) is 5.48. The van der Waals surface area contributed by atoms with Gasteiger partial charge in [0.25, 0.3) is 5.91 Å². The summed E-state index contributed by atoms with van der Waals surface area (Å²) in [5.41, 5.74) is 2.17. The van der Waals surface area contributed by atoms with Gasteiger partial charge in [-0.3, -0.25) is 4.79 Å². The fourth-order valence-electron chi connectivity index (χ4n) is 2.65. The van der Waals surface area contributed by atoms with Crippen molar-refractivity contribution < 1.29 is 14.3 Å². The van der Waals surface area contributed by atoms with E-state index in [4.69, 9.17) is 9.47 Å². The number of aromatic nitrogens is 1. The number of aromatic amines is 1. The highest BCUT2D eigenvalue weighted by Crippen LogP contribution is 2.30. The SMILES string of the molecule is COc1ccc(NC(=O)C(C#N)=Cc2c[nH]c3ccc(Br)cc23)cc1OC. The number of nitriles is 1. The maximum atomic E-state index is 12.5. The first-order valence-corrected chi connectivity index (χ1v) is 8.77. The van der Waals surface area contributed by atoms with E-state index in [2.05, 4.69) is 26.2 Å². The van der Waals surface area contributed by atoms with Crippen molar-refractivity contribution in [2.75, 3.05) is 19.5 Å². The van der Waals surface area contributed by atoms with Gasteiger partial charge in [0.15, 0.2) is 11.5 Å². The minimum Gasteiger partial charge on any atom is -0.493 e. The van der Waals surface area contributed by atoms with Crippen LogP contribution in [0.25, 0.3) is 17.0 Å². The molecule has 1 amide bonds. The van der Waals surface area contributed by atoms with Crippen molar-refractivity contribution in [2.24, 2.45) is 0 Å². The maximum absolute atomic E-state index is 12.5. The van der Waals surface area contributed by atoms with Gasteiger partial charge >= 0.3 is 0 Å². The minimum absolute atomic E-state index is 0.00865. The van der Waals surface area contributed by atoms with E-state index in [1.54, 1.807) is 30.5 Å². The molecule has 0 bridgehead atoms. The molecule has 6 nitrogen and oxygen atoms in total. The fraction of sp³-hybridized carbons (Fsp3) is 0.100. The number of fused-ring (bicyclic) bond motifs is 1. The summed E-state index contributed by atoms with van der Waals surface area (Å²) < 4.78 is 11.3. The zero-order valence-electron chi connectivity index (χ0n) is 14.7. The van der Waals surface area contributed by atoms with Gasteiger partial charge in [0.1, 0.15) is 11.6 Å². The number of methoxy groups -OCH3 is 2. The summed E-state index contributed by atoms with van der Waals surface area (Å²) in [4.78, 5) is 15.7. The molecule has 0 fully saturated rings. The topological polar surface area (TPSA) is 87.1 Å². The number of hydrogen-bond donors (Lipinski definition) is 2. The van der Waals surface area contributed by atoms with Crippen LogP contribution in [-0.4, -0.2) is 25.1 Å². The third kappa shape index (κ3) is 3.96. The van der Waals surface area contributed by atoms with Crippen molar-refractivity contribution in [3.05, 3.63) is 58.2 Å². The number of amides is 1. The zero-order chi connectivity index (χ0) is 19.4. The molecule has 0 atom stereocenters. The number of anilines is 1. The van der Waals surface area contributed by atoms with Gasteiger partial charge < -0.3 is 19.8 Å². The summed E-state index contributed by atoms with van der Waals surface area (Å²) in [6.07, 6.45) is 3.32. The first-order chi connectivity index (χ1) is 13.0. The lowest BCUT2D eigenvalue weighted by Crippen LogP contribution is -2.13. The smallest absolute Gasteiger partial charge is 0.266 e. The number of H-pyrrole nitrogens is 1. The summed E-state index contributed by atoms with van der Waals surface area (Å²) in [5.74, 6) is 0.532. The van der Waals surface area contributed by atoms with Gasteiger partial charge in [-0.1, -0.05) is 15.9 Å². The number of rotatable bonds is 5. The highest BCUT2D eigenvalue weighted by molar-refractivity contribution is 9.10. The Morgan fingerprint density at radius 2 is 1.96 bits per heavy atom. The van der Waals surface area contributed by atoms with E-state index >= 15 is 0 Å². The second kappa shape index (κ2) is 7.98. The lowest BCUT2D eigenvalue weighted by Gasteiger charge is -2.10. The molecule has 1 heterocycles. The van der Waals surface area contributed by atoms with E-state index in [0.29, 0.717) is 17.2 Å². The highest BCUT2D eigenvalue weighted by atomic mass is 79.9. The summed E-state index contributed by atoms with van der Waals surface area (Å²) in [6.45, 7) is 0. The Hall–Kier alpha value is -3.24. The van der Waals surface area contributed by atoms with Crippen molar-refractivity contribution in [1.82, 2.24) is 4.98 Å². The normalized spacial score (nSPS) is 11.1. The first kappa shape index (κ1) is 18.5. The molecular weight excluding hydrogens is 410 g/mol. The largest absolute Gasteiger partial charge is 0.493 e. The molecule has 2 N–H and O–H groups in total. The third-order valence-electron chi connectivity index (χ3n) is 3.98. The van der Waals surface area contributed by atoms with Crippen molar-refractivity contribution in [2.45, 2.75) is 0 Å².